The van der Waals surface area contributed by atoms with Crippen LogP contribution in [0.2, 0.25) is 10.0 Å². The van der Waals surface area contributed by atoms with Crippen LogP contribution in [0.25, 0.3) is 0 Å². The Bertz CT molecular complexity index is 699. The van der Waals surface area contributed by atoms with Crippen LogP contribution in [0.5, 0.6) is 0 Å². The Kier molecular flexibility index (Phi) is 3.92. The molecule has 2 aromatic rings. The average Bonchev–Trinajstić information content (AvgIpc) is 2.46. The maximum absolute atomic E-state index is 12.9. The third kappa shape index (κ3) is 2.66. The van der Waals surface area contributed by atoms with Gasteiger partial charge >= 0.3 is 0 Å². The van der Waals surface area contributed by atoms with Crippen molar-refractivity contribution in [3.63, 3.8) is 0 Å². The Morgan fingerprint density at radius 2 is 1.95 bits per heavy atom. The van der Waals surface area contributed by atoms with Gasteiger partial charge in [0.1, 0.15) is 0 Å². The third-order valence-corrected chi connectivity index (χ3v) is 4.45. The number of benzene rings is 2. The molecule has 21 heavy (non-hydrogen) atoms. The topological polar surface area (TPSA) is 20.3 Å². The van der Waals surface area contributed by atoms with Gasteiger partial charge in [-0.3, -0.25) is 4.79 Å². The van der Waals surface area contributed by atoms with Gasteiger partial charge in [0.05, 0.1) is 10.6 Å². The number of amides is 1. The summed E-state index contributed by atoms with van der Waals surface area (Å²) in [6.07, 6.45) is 1.95. The maximum Gasteiger partial charge on any atom is 0.260 e. The Hall–Kier alpha value is -1.51. The number of anilines is 1. The number of para-hydroxylation sites is 1. The predicted octanol–water partition coefficient (Wildman–Crippen LogP) is 4.97. The Morgan fingerprint density at radius 3 is 2.71 bits per heavy atom. The van der Waals surface area contributed by atoms with Crippen LogP contribution in [0, 0.1) is 0 Å². The molecule has 0 saturated heterocycles. The van der Waals surface area contributed by atoms with Crippen molar-refractivity contribution in [1.82, 2.24) is 0 Å². The predicted molar refractivity (Wildman–Crippen MR) is 87.5 cm³/mol. The van der Waals surface area contributed by atoms with Gasteiger partial charge in [-0.05, 0) is 49.6 Å². The van der Waals surface area contributed by atoms with E-state index in [1.807, 2.05) is 23.1 Å². The van der Waals surface area contributed by atoms with E-state index in [1.54, 1.807) is 18.2 Å². The fourth-order valence-electron chi connectivity index (χ4n) is 2.79. The van der Waals surface area contributed by atoms with E-state index in [0.717, 1.165) is 18.5 Å². The molecule has 0 bridgehead atoms. The van der Waals surface area contributed by atoms with Crippen molar-refractivity contribution in [3.05, 3.63) is 63.6 Å². The number of halogens is 2. The van der Waals surface area contributed by atoms with Crippen LogP contribution in [-0.4, -0.2) is 11.9 Å². The Balaban J connectivity index is 2.05. The summed E-state index contributed by atoms with van der Waals surface area (Å²) in [7, 11) is 0. The minimum Gasteiger partial charge on any atom is -0.305 e. The fourth-order valence-corrected chi connectivity index (χ4v) is 3.28. The van der Waals surface area contributed by atoms with Crippen molar-refractivity contribution < 1.29 is 4.79 Å². The molecule has 1 heterocycles. The van der Waals surface area contributed by atoms with Gasteiger partial charge in [-0.2, -0.15) is 0 Å². The number of aryl methyl sites for hydroxylation is 1. The van der Waals surface area contributed by atoms with E-state index in [1.165, 1.54) is 5.56 Å². The van der Waals surface area contributed by atoms with Gasteiger partial charge in [-0.1, -0.05) is 41.4 Å². The number of carbonyl (C=O) groups is 1. The summed E-state index contributed by atoms with van der Waals surface area (Å²) in [5.74, 6) is -0.0729. The average molecular weight is 320 g/mol. The van der Waals surface area contributed by atoms with Crippen LogP contribution < -0.4 is 4.90 Å². The van der Waals surface area contributed by atoms with E-state index in [2.05, 4.69) is 13.0 Å². The van der Waals surface area contributed by atoms with Crippen molar-refractivity contribution >= 4 is 34.8 Å². The summed E-state index contributed by atoms with van der Waals surface area (Å²) in [6.45, 7) is 2.07. The van der Waals surface area contributed by atoms with Gasteiger partial charge in [0.15, 0.2) is 0 Å². The first kappa shape index (κ1) is 14.4. The molecule has 1 amide bonds. The van der Waals surface area contributed by atoms with Crippen LogP contribution in [0.15, 0.2) is 42.5 Å². The van der Waals surface area contributed by atoms with Gasteiger partial charge in [-0.15, -0.1) is 0 Å². The summed E-state index contributed by atoms with van der Waals surface area (Å²) in [5.41, 5.74) is 2.67. The number of nitrogens with zero attached hydrogens (tertiary/aromatic N) is 1. The first-order valence-corrected chi connectivity index (χ1v) is 7.70. The highest BCUT2D eigenvalue weighted by Gasteiger charge is 2.29. The molecule has 0 saturated carbocycles. The zero-order chi connectivity index (χ0) is 15.0. The first-order valence-electron chi connectivity index (χ1n) is 6.94. The summed E-state index contributed by atoms with van der Waals surface area (Å²) in [5, 5.41) is 0.923. The second-order valence-corrected chi connectivity index (χ2v) is 6.16. The lowest BCUT2D eigenvalue weighted by molar-refractivity contribution is 0.0975. The molecule has 1 atom stereocenters. The highest BCUT2D eigenvalue weighted by atomic mass is 35.5. The largest absolute Gasteiger partial charge is 0.305 e. The van der Waals surface area contributed by atoms with Crippen LogP contribution in [0.4, 0.5) is 5.69 Å². The molecule has 2 aromatic carbocycles. The second kappa shape index (κ2) is 5.70. The van der Waals surface area contributed by atoms with Gasteiger partial charge in [0.2, 0.25) is 0 Å². The molecular weight excluding hydrogens is 305 g/mol. The van der Waals surface area contributed by atoms with Gasteiger partial charge in [-0.25, -0.2) is 0 Å². The van der Waals surface area contributed by atoms with E-state index in [-0.39, 0.29) is 11.9 Å². The van der Waals surface area contributed by atoms with E-state index in [4.69, 9.17) is 23.2 Å². The summed E-state index contributed by atoms with van der Waals surface area (Å²) < 4.78 is 0. The molecule has 1 aliphatic heterocycles. The molecule has 2 nitrogen and oxygen atoms in total. The lowest BCUT2D eigenvalue weighted by atomic mass is 9.96. The monoisotopic (exact) mass is 319 g/mol. The van der Waals surface area contributed by atoms with Crippen molar-refractivity contribution in [2.75, 3.05) is 4.90 Å². The van der Waals surface area contributed by atoms with Crippen LogP contribution >= 0.6 is 23.2 Å². The van der Waals surface area contributed by atoms with E-state index >= 15 is 0 Å². The van der Waals surface area contributed by atoms with Gasteiger partial charge in [0.25, 0.3) is 5.91 Å². The van der Waals surface area contributed by atoms with Crippen molar-refractivity contribution in [2.24, 2.45) is 0 Å². The molecule has 0 aliphatic carbocycles. The van der Waals surface area contributed by atoms with Crippen molar-refractivity contribution in [3.8, 4) is 0 Å². The van der Waals surface area contributed by atoms with Crippen LogP contribution in [-0.2, 0) is 6.42 Å². The zero-order valence-electron chi connectivity index (χ0n) is 11.6. The molecule has 0 aromatic heterocycles. The molecule has 0 radical (unpaired) electrons. The quantitative estimate of drug-likeness (QED) is 0.726. The summed E-state index contributed by atoms with van der Waals surface area (Å²) >= 11 is 12.1. The lowest BCUT2D eigenvalue weighted by Gasteiger charge is -2.35. The smallest absolute Gasteiger partial charge is 0.260 e. The Morgan fingerprint density at radius 1 is 1.19 bits per heavy atom. The highest BCUT2D eigenvalue weighted by molar-refractivity contribution is 6.37. The molecule has 0 N–H and O–H groups in total. The summed E-state index contributed by atoms with van der Waals surface area (Å²) in [6, 6.07) is 13.2. The fraction of sp³-hybridized carbons (Fsp3) is 0.235. The van der Waals surface area contributed by atoms with Crippen LogP contribution in [0.1, 0.15) is 29.3 Å². The van der Waals surface area contributed by atoms with E-state index in [0.29, 0.717) is 15.6 Å². The summed E-state index contributed by atoms with van der Waals surface area (Å²) in [4.78, 5) is 14.7. The number of fused-ring (bicyclic) bond motifs is 1. The van der Waals surface area contributed by atoms with Crippen molar-refractivity contribution in [1.29, 1.82) is 0 Å². The van der Waals surface area contributed by atoms with Gasteiger partial charge < -0.3 is 4.90 Å². The maximum atomic E-state index is 12.9. The molecule has 0 spiro atoms. The van der Waals surface area contributed by atoms with E-state index in [9.17, 15) is 4.79 Å². The third-order valence-electron chi connectivity index (χ3n) is 3.90. The standard InChI is InChI=1S/C17H15Cl2NO/c1-11-6-7-12-4-2-3-5-16(12)20(11)17(21)14-9-8-13(18)10-15(14)19/h2-5,8-11H,6-7H2,1H3/t11-/m1/s1. The zero-order valence-corrected chi connectivity index (χ0v) is 13.2. The number of hydrogen-bond acceptors (Lipinski definition) is 1. The number of rotatable bonds is 1. The number of hydrogen-bond donors (Lipinski definition) is 0. The molecule has 3 rings (SSSR count). The van der Waals surface area contributed by atoms with E-state index < -0.39 is 0 Å². The highest BCUT2D eigenvalue weighted by Crippen LogP contribution is 2.33. The molecule has 0 fully saturated rings. The minimum absolute atomic E-state index is 0.0729. The minimum atomic E-state index is -0.0729. The molecule has 4 heteroatoms. The SMILES string of the molecule is C[C@@H]1CCc2ccccc2N1C(=O)c1ccc(Cl)cc1Cl. The van der Waals surface area contributed by atoms with Crippen LogP contribution in [0.3, 0.4) is 0 Å². The normalized spacial score (nSPS) is 17.5. The molecule has 1 aliphatic rings. The second-order valence-electron chi connectivity index (χ2n) is 5.32. The Labute approximate surface area is 134 Å². The molecular formula is C17H15Cl2NO. The molecule has 0 unspecified atom stereocenters. The van der Waals surface area contributed by atoms with Gasteiger partial charge in [0, 0.05) is 16.8 Å². The lowest BCUT2D eigenvalue weighted by Crippen LogP contribution is -2.42. The number of carbonyl (C=O) groups excluding carboxylic acids is 1. The first-order chi connectivity index (χ1) is 10.1. The van der Waals surface area contributed by atoms with Crippen molar-refractivity contribution in [2.45, 2.75) is 25.8 Å². The molecule has 108 valence electrons.